The Balaban J connectivity index is 3.50. The number of hydrogen-bond acceptors (Lipinski definition) is 3. The van der Waals surface area contributed by atoms with Gasteiger partial charge >= 0.3 is 0 Å². The minimum absolute atomic E-state index is 0.122. The summed E-state index contributed by atoms with van der Waals surface area (Å²) in [5, 5.41) is 9.62. The molecular weight excluding hydrogens is 180 g/mol. The summed E-state index contributed by atoms with van der Waals surface area (Å²) in [7, 11) is 3.27. The highest BCUT2D eigenvalue weighted by molar-refractivity contribution is 4.91. The van der Waals surface area contributed by atoms with Gasteiger partial charge < -0.3 is 14.6 Å². The van der Waals surface area contributed by atoms with Gasteiger partial charge in [0.15, 0.2) is 6.29 Å². The standard InChI is InChI=1S/C11H22O3/c1-5-11(2,12)9-7-6-8-10(13-3)14-4/h5,10,12H,1,6-9H2,2-4H3. The van der Waals surface area contributed by atoms with Crippen LogP contribution < -0.4 is 0 Å². The van der Waals surface area contributed by atoms with Crippen LogP contribution in [0.1, 0.15) is 32.6 Å². The molecule has 0 radical (unpaired) electrons. The van der Waals surface area contributed by atoms with Crippen molar-refractivity contribution in [3.05, 3.63) is 12.7 Å². The first kappa shape index (κ1) is 13.6. The molecule has 0 saturated heterocycles. The van der Waals surface area contributed by atoms with Crippen LogP contribution >= 0.6 is 0 Å². The van der Waals surface area contributed by atoms with Crippen molar-refractivity contribution in [1.82, 2.24) is 0 Å². The maximum Gasteiger partial charge on any atom is 0.156 e. The first-order valence-corrected chi connectivity index (χ1v) is 4.97. The SMILES string of the molecule is C=CC(C)(O)CCCCC(OC)OC. The van der Waals surface area contributed by atoms with Crippen molar-refractivity contribution in [3.63, 3.8) is 0 Å². The Labute approximate surface area is 86.7 Å². The summed E-state index contributed by atoms with van der Waals surface area (Å²) >= 11 is 0. The summed E-state index contributed by atoms with van der Waals surface area (Å²) in [5.74, 6) is 0. The minimum atomic E-state index is -0.740. The van der Waals surface area contributed by atoms with E-state index in [1.165, 1.54) is 0 Å². The molecule has 0 rings (SSSR count). The highest BCUT2D eigenvalue weighted by Gasteiger charge is 2.14. The summed E-state index contributed by atoms with van der Waals surface area (Å²) in [5.41, 5.74) is -0.740. The number of hydrogen-bond donors (Lipinski definition) is 1. The zero-order valence-corrected chi connectivity index (χ0v) is 9.45. The Hall–Kier alpha value is -0.380. The quantitative estimate of drug-likeness (QED) is 0.372. The summed E-state index contributed by atoms with van der Waals surface area (Å²) in [6.45, 7) is 5.35. The molecule has 0 aliphatic carbocycles. The number of ether oxygens (including phenoxy) is 2. The third-order valence-corrected chi connectivity index (χ3v) is 2.34. The Morgan fingerprint density at radius 3 is 2.36 bits per heavy atom. The van der Waals surface area contributed by atoms with Gasteiger partial charge in [-0.1, -0.05) is 12.5 Å². The van der Waals surface area contributed by atoms with Gasteiger partial charge in [-0.15, -0.1) is 6.58 Å². The molecule has 3 heteroatoms. The van der Waals surface area contributed by atoms with Gasteiger partial charge in [0, 0.05) is 14.2 Å². The fourth-order valence-corrected chi connectivity index (χ4v) is 1.23. The van der Waals surface area contributed by atoms with Crippen molar-refractivity contribution >= 4 is 0 Å². The molecule has 0 fully saturated rings. The molecule has 14 heavy (non-hydrogen) atoms. The summed E-state index contributed by atoms with van der Waals surface area (Å²) in [4.78, 5) is 0. The first-order valence-electron chi connectivity index (χ1n) is 4.97. The molecule has 0 spiro atoms. The van der Waals surface area contributed by atoms with Gasteiger partial charge in [0.2, 0.25) is 0 Å². The van der Waals surface area contributed by atoms with Gasteiger partial charge in [-0.3, -0.25) is 0 Å². The van der Waals surface area contributed by atoms with Crippen LogP contribution in [0.5, 0.6) is 0 Å². The predicted molar refractivity (Wildman–Crippen MR) is 57.1 cm³/mol. The smallest absolute Gasteiger partial charge is 0.156 e. The van der Waals surface area contributed by atoms with Gasteiger partial charge in [0.25, 0.3) is 0 Å². The summed E-state index contributed by atoms with van der Waals surface area (Å²) in [6, 6.07) is 0. The van der Waals surface area contributed by atoms with E-state index in [4.69, 9.17) is 9.47 Å². The number of rotatable bonds is 8. The van der Waals surface area contributed by atoms with E-state index in [1.54, 1.807) is 27.2 Å². The van der Waals surface area contributed by atoms with Gasteiger partial charge in [0.1, 0.15) is 0 Å². The second kappa shape index (κ2) is 6.98. The van der Waals surface area contributed by atoms with Gasteiger partial charge in [0.05, 0.1) is 5.60 Å². The third-order valence-electron chi connectivity index (χ3n) is 2.34. The van der Waals surface area contributed by atoms with E-state index in [0.29, 0.717) is 0 Å². The molecule has 0 aromatic rings. The average Bonchev–Trinajstić information content (AvgIpc) is 2.18. The molecular formula is C11H22O3. The molecule has 0 aliphatic heterocycles. The van der Waals surface area contributed by atoms with Crippen molar-refractivity contribution in [2.24, 2.45) is 0 Å². The van der Waals surface area contributed by atoms with Crippen LogP contribution in [0, 0.1) is 0 Å². The lowest BCUT2D eigenvalue weighted by Gasteiger charge is -2.18. The predicted octanol–water partition coefficient (Wildman–Crippen LogP) is 2.10. The van der Waals surface area contributed by atoms with Gasteiger partial charge in [-0.2, -0.15) is 0 Å². The lowest BCUT2D eigenvalue weighted by Crippen LogP contribution is -2.20. The number of aliphatic hydroxyl groups is 1. The second-order valence-electron chi connectivity index (χ2n) is 3.71. The third kappa shape index (κ3) is 6.13. The molecule has 84 valence electrons. The molecule has 3 nitrogen and oxygen atoms in total. The molecule has 0 aliphatic rings. The molecule has 0 aromatic heterocycles. The Kier molecular flexibility index (Phi) is 6.79. The highest BCUT2D eigenvalue weighted by Crippen LogP contribution is 2.16. The number of methoxy groups -OCH3 is 2. The summed E-state index contributed by atoms with van der Waals surface area (Å²) < 4.78 is 10.1. The van der Waals surface area contributed by atoms with Crippen LogP contribution in [-0.2, 0) is 9.47 Å². The summed E-state index contributed by atoms with van der Waals surface area (Å²) in [6.07, 6.45) is 4.98. The van der Waals surface area contributed by atoms with Crippen molar-refractivity contribution in [2.75, 3.05) is 14.2 Å². The van der Waals surface area contributed by atoms with E-state index in [1.807, 2.05) is 0 Å². The van der Waals surface area contributed by atoms with Crippen LogP contribution in [0.25, 0.3) is 0 Å². The van der Waals surface area contributed by atoms with Crippen LogP contribution in [0.15, 0.2) is 12.7 Å². The Bertz CT molecular complexity index is 151. The molecule has 1 atom stereocenters. The van der Waals surface area contributed by atoms with E-state index < -0.39 is 5.60 Å². The lowest BCUT2D eigenvalue weighted by atomic mass is 9.99. The highest BCUT2D eigenvalue weighted by atomic mass is 16.7. The van der Waals surface area contributed by atoms with Crippen molar-refractivity contribution in [2.45, 2.75) is 44.5 Å². The molecule has 0 saturated carbocycles. The maximum atomic E-state index is 9.62. The van der Waals surface area contributed by atoms with Crippen LogP contribution in [0.3, 0.4) is 0 Å². The molecule has 0 bridgehead atoms. The molecule has 0 aromatic carbocycles. The second-order valence-corrected chi connectivity index (χ2v) is 3.71. The maximum absolute atomic E-state index is 9.62. The Morgan fingerprint density at radius 2 is 1.93 bits per heavy atom. The van der Waals surface area contributed by atoms with E-state index in [9.17, 15) is 5.11 Å². The zero-order chi connectivity index (χ0) is 11.0. The normalized spacial score (nSPS) is 15.5. The van der Waals surface area contributed by atoms with Crippen LogP contribution in [0.2, 0.25) is 0 Å². The molecule has 1 unspecified atom stereocenters. The van der Waals surface area contributed by atoms with Crippen LogP contribution in [0.4, 0.5) is 0 Å². The lowest BCUT2D eigenvalue weighted by molar-refractivity contribution is -0.107. The largest absolute Gasteiger partial charge is 0.386 e. The van der Waals surface area contributed by atoms with E-state index in [0.717, 1.165) is 25.7 Å². The van der Waals surface area contributed by atoms with Crippen molar-refractivity contribution < 1.29 is 14.6 Å². The number of unbranched alkanes of at least 4 members (excludes halogenated alkanes) is 1. The fraction of sp³-hybridized carbons (Fsp3) is 0.818. The molecule has 1 N–H and O–H groups in total. The molecule has 0 heterocycles. The zero-order valence-electron chi connectivity index (χ0n) is 9.45. The first-order chi connectivity index (χ1) is 6.55. The van der Waals surface area contributed by atoms with E-state index >= 15 is 0 Å². The van der Waals surface area contributed by atoms with Crippen molar-refractivity contribution in [3.8, 4) is 0 Å². The molecule has 0 amide bonds. The minimum Gasteiger partial charge on any atom is -0.386 e. The van der Waals surface area contributed by atoms with Crippen molar-refractivity contribution in [1.29, 1.82) is 0 Å². The fourth-order valence-electron chi connectivity index (χ4n) is 1.23. The van der Waals surface area contributed by atoms with Crippen LogP contribution in [-0.4, -0.2) is 31.2 Å². The van der Waals surface area contributed by atoms with E-state index in [2.05, 4.69) is 6.58 Å². The monoisotopic (exact) mass is 202 g/mol. The van der Waals surface area contributed by atoms with Gasteiger partial charge in [-0.25, -0.2) is 0 Å². The topological polar surface area (TPSA) is 38.7 Å². The Morgan fingerprint density at radius 1 is 1.36 bits per heavy atom. The van der Waals surface area contributed by atoms with E-state index in [-0.39, 0.29) is 6.29 Å². The average molecular weight is 202 g/mol. The van der Waals surface area contributed by atoms with Gasteiger partial charge in [-0.05, 0) is 26.2 Å².